The van der Waals surface area contributed by atoms with Gasteiger partial charge >= 0.3 is 6.18 Å². The van der Waals surface area contributed by atoms with E-state index in [2.05, 4.69) is 6.08 Å². The summed E-state index contributed by atoms with van der Waals surface area (Å²) >= 11 is 0. The number of hydrogen-bond donors (Lipinski definition) is 0. The summed E-state index contributed by atoms with van der Waals surface area (Å²) in [6, 6.07) is 3.82. The van der Waals surface area contributed by atoms with Crippen molar-refractivity contribution in [1.29, 1.82) is 0 Å². The molecule has 0 radical (unpaired) electrons. The Morgan fingerprint density at radius 3 is 2.84 bits per heavy atom. The van der Waals surface area contributed by atoms with E-state index >= 15 is 0 Å². The number of carbonyl (C=O) groups is 1. The predicted octanol–water partition coefficient (Wildman–Crippen LogP) is 4.73. The van der Waals surface area contributed by atoms with Gasteiger partial charge in [-0.2, -0.15) is 13.2 Å². The van der Waals surface area contributed by atoms with E-state index in [4.69, 9.17) is 0 Å². The van der Waals surface area contributed by atoms with Crippen LogP contribution in [0.2, 0.25) is 0 Å². The number of halogens is 3. The molecule has 1 aromatic rings. The Morgan fingerprint density at radius 2 is 2.04 bits per heavy atom. The van der Waals surface area contributed by atoms with Crippen LogP contribution in [0.1, 0.15) is 43.2 Å². The summed E-state index contributed by atoms with van der Waals surface area (Å²) in [6.45, 7) is 0.503. The van der Waals surface area contributed by atoms with Crippen LogP contribution in [-0.2, 0) is 17.4 Å². The molecule has 2 fully saturated rings. The Bertz CT molecular complexity index is 797. The van der Waals surface area contributed by atoms with E-state index < -0.39 is 11.7 Å². The standard InChI is InChI=1S/C20H20F3NO/c21-20(22,23)15-4-3-13-6-8-24(17(13)9-15)18(25)19-7-5-12-1-2-14(10-19)16(12)11-19/h3-5,9,14,16H,1-2,6-8,10-11H2. The zero-order chi connectivity index (χ0) is 17.4. The van der Waals surface area contributed by atoms with E-state index in [9.17, 15) is 18.0 Å². The van der Waals surface area contributed by atoms with Gasteiger partial charge in [0, 0.05) is 12.2 Å². The van der Waals surface area contributed by atoms with Crippen molar-refractivity contribution in [3.8, 4) is 0 Å². The molecule has 4 aliphatic rings. The molecule has 3 unspecified atom stereocenters. The van der Waals surface area contributed by atoms with Crippen LogP contribution in [0.3, 0.4) is 0 Å². The minimum absolute atomic E-state index is 0.0512. The average molecular weight is 347 g/mol. The van der Waals surface area contributed by atoms with E-state index in [-0.39, 0.29) is 11.3 Å². The molecule has 1 aromatic carbocycles. The van der Waals surface area contributed by atoms with Gasteiger partial charge in [-0.3, -0.25) is 4.79 Å². The minimum atomic E-state index is -4.38. The number of rotatable bonds is 1. The summed E-state index contributed by atoms with van der Waals surface area (Å²) in [5, 5.41) is 0. The molecule has 1 aliphatic heterocycles. The first-order valence-electron chi connectivity index (χ1n) is 9.08. The highest BCUT2D eigenvalue weighted by Crippen LogP contribution is 2.61. The second kappa shape index (κ2) is 4.89. The molecule has 1 amide bonds. The fourth-order valence-electron chi connectivity index (χ4n) is 5.65. The van der Waals surface area contributed by atoms with Crippen molar-refractivity contribution in [1.82, 2.24) is 0 Å². The molecule has 0 N–H and O–H groups in total. The number of anilines is 1. The zero-order valence-electron chi connectivity index (χ0n) is 13.9. The molecule has 2 bridgehead atoms. The SMILES string of the molecule is O=C(N1CCc2ccc(C(F)(F)F)cc21)C12CC=C3CCC(C1)C3C2. The highest BCUT2D eigenvalue weighted by Gasteiger charge is 2.56. The number of alkyl halides is 3. The molecule has 2 nitrogen and oxygen atoms in total. The first kappa shape index (κ1) is 15.5. The van der Waals surface area contributed by atoms with Crippen molar-refractivity contribution < 1.29 is 18.0 Å². The van der Waals surface area contributed by atoms with Gasteiger partial charge in [0.1, 0.15) is 0 Å². The van der Waals surface area contributed by atoms with Crippen molar-refractivity contribution in [2.75, 3.05) is 11.4 Å². The monoisotopic (exact) mass is 347 g/mol. The van der Waals surface area contributed by atoms with E-state index in [0.29, 0.717) is 30.5 Å². The Kier molecular flexibility index (Phi) is 3.03. The van der Waals surface area contributed by atoms with Gasteiger partial charge in [-0.1, -0.05) is 17.7 Å². The first-order valence-corrected chi connectivity index (χ1v) is 9.08. The average Bonchev–Trinajstić information content (AvgIpc) is 3.22. The van der Waals surface area contributed by atoms with E-state index in [1.54, 1.807) is 4.90 Å². The third kappa shape index (κ3) is 2.14. The van der Waals surface area contributed by atoms with Gasteiger partial charge in [0.15, 0.2) is 0 Å². The van der Waals surface area contributed by atoms with Gasteiger partial charge < -0.3 is 4.90 Å². The van der Waals surface area contributed by atoms with Gasteiger partial charge in [0.05, 0.1) is 11.0 Å². The lowest BCUT2D eigenvalue weighted by Gasteiger charge is -2.35. The third-order valence-corrected chi connectivity index (χ3v) is 6.87. The largest absolute Gasteiger partial charge is 0.416 e. The van der Waals surface area contributed by atoms with Crippen LogP contribution < -0.4 is 4.90 Å². The number of amides is 1. The normalized spacial score (nSPS) is 32.8. The summed E-state index contributed by atoms with van der Waals surface area (Å²) in [5.74, 6) is 1.19. The molecule has 132 valence electrons. The molecule has 0 aromatic heterocycles. The lowest BCUT2D eigenvalue weighted by molar-refractivity contribution is -0.137. The van der Waals surface area contributed by atoms with Gasteiger partial charge in [0.25, 0.3) is 0 Å². The number of fused-ring (bicyclic) bond motifs is 2. The molecule has 2 saturated carbocycles. The summed E-state index contributed by atoms with van der Waals surface area (Å²) in [5.41, 5.74) is 1.79. The molecule has 0 spiro atoms. The number of hydrogen-bond acceptors (Lipinski definition) is 1. The molecule has 5 heteroatoms. The molecular formula is C20H20F3NO. The summed E-state index contributed by atoms with van der Waals surface area (Å²) in [6.07, 6.45) is 3.41. The van der Waals surface area contributed by atoms with Crippen LogP contribution in [0.5, 0.6) is 0 Å². The summed E-state index contributed by atoms with van der Waals surface area (Å²) < 4.78 is 39.2. The van der Waals surface area contributed by atoms with E-state index in [1.807, 2.05) is 0 Å². The maximum absolute atomic E-state index is 13.4. The van der Waals surface area contributed by atoms with E-state index in [1.165, 1.54) is 24.5 Å². The highest BCUT2D eigenvalue weighted by atomic mass is 19.4. The van der Waals surface area contributed by atoms with E-state index in [0.717, 1.165) is 37.0 Å². The molecule has 5 rings (SSSR count). The molecular weight excluding hydrogens is 327 g/mol. The predicted molar refractivity (Wildman–Crippen MR) is 88.1 cm³/mol. The van der Waals surface area contributed by atoms with Gasteiger partial charge in [-0.25, -0.2) is 0 Å². The molecule has 1 heterocycles. The lowest BCUT2D eigenvalue weighted by atomic mass is 9.75. The van der Waals surface area contributed by atoms with Crippen LogP contribution in [0, 0.1) is 17.3 Å². The first-order chi connectivity index (χ1) is 11.9. The molecule has 3 atom stereocenters. The molecule has 3 aliphatic carbocycles. The van der Waals surface area contributed by atoms with Crippen molar-refractivity contribution in [3.05, 3.63) is 41.0 Å². The Morgan fingerprint density at radius 1 is 1.20 bits per heavy atom. The fourth-order valence-corrected chi connectivity index (χ4v) is 5.65. The number of benzene rings is 1. The van der Waals surface area contributed by atoms with Gasteiger partial charge in [-0.05, 0) is 68.1 Å². The van der Waals surface area contributed by atoms with Crippen LogP contribution in [0.15, 0.2) is 29.8 Å². The van der Waals surface area contributed by atoms with Crippen molar-refractivity contribution in [2.24, 2.45) is 17.3 Å². The van der Waals surface area contributed by atoms with Crippen molar-refractivity contribution in [2.45, 2.75) is 44.7 Å². The topological polar surface area (TPSA) is 20.3 Å². The number of carbonyl (C=O) groups excluding carboxylic acids is 1. The second-order valence-corrected chi connectivity index (χ2v) is 8.13. The van der Waals surface area contributed by atoms with Crippen molar-refractivity contribution in [3.63, 3.8) is 0 Å². The van der Waals surface area contributed by atoms with Crippen LogP contribution in [-0.4, -0.2) is 12.5 Å². The smallest absolute Gasteiger partial charge is 0.311 e. The maximum Gasteiger partial charge on any atom is 0.416 e. The fraction of sp³-hybridized carbons (Fsp3) is 0.550. The maximum atomic E-state index is 13.4. The highest BCUT2D eigenvalue weighted by molar-refractivity contribution is 6.00. The van der Waals surface area contributed by atoms with Gasteiger partial charge in [-0.15, -0.1) is 0 Å². The quantitative estimate of drug-likeness (QED) is 0.673. The number of nitrogens with zero attached hydrogens (tertiary/aromatic N) is 1. The third-order valence-electron chi connectivity index (χ3n) is 6.87. The van der Waals surface area contributed by atoms with Crippen LogP contribution in [0.25, 0.3) is 0 Å². The molecule has 0 saturated heterocycles. The zero-order valence-corrected chi connectivity index (χ0v) is 13.9. The second-order valence-electron chi connectivity index (χ2n) is 8.13. The lowest BCUT2D eigenvalue weighted by Crippen LogP contribution is -2.43. The van der Waals surface area contributed by atoms with Crippen LogP contribution >= 0.6 is 0 Å². The molecule has 25 heavy (non-hydrogen) atoms. The summed E-state index contributed by atoms with van der Waals surface area (Å²) in [7, 11) is 0. The number of allylic oxidation sites excluding steroid dienone is 2. The van der Waals surface area contributed by atoms with Crippen LogP contribution in [0.4, 0.5) is 18.9 Å². The van der Waals surface area contributed by atoms with Crippen molar-refractivity contribution >= 4 is 11.6 Å². The Labute approximate surface area is 144 Å². The minimum Gasteiger partial charge on any atom is -0.311 e. The Balaban J connectivity index is 1.49. The van der Waals surface area contributed by atoms with Gasteiger partial charge in [0.2, 0.25) is 5.91 Å². The summed E-state index contributed by atoms with van der Waals surface area (Å²) in [4.78, 5) is 15.0. The Hall–Kier alpha value is -1.78.